The molecule has 0 spiro atoms. The van der Waals surface area contributed by atoms with E-state index in [1.807, 2.05) is 38.6 Å². The Morgan fingerprint density at radius 3 is 2.41 bits per heavy atom. The maximum Gasteiger partial charge on any atom is 0.191 e. The Morgan fingerprint density at radius 2 is 1.79 bits per heavy atom. The molecule has 1 heterocycles. The van der Waals surface area contributed by atoms with Crippen LogP contribution in [0.4, 0.5) is 0 Å². The van der Waals surface area contributed by atoms with Gasteiger partial charge in [-0.15, -0.1) is 0 Å². The van der Waals surface area contributed by atoms with Crippen molar-refractivity contribution in [2.75, 3.05) is 26.3 Å². The van der Waals surface area contributed by atoms with Gasteiger partial charge < -0.3 is 20.1 Å². The quantitative estimate of drug-likeness (QED) is 0.473. The van der Waals surface area contributed by atoms with Gasteiger partial charge in [0.05, 0.1) is 25.5 Å². The third-order valence-corrected chi connectivity index (χ3v) is 4.71. The largest absolute Gasteiger partial charge is 0.490 e. The van der Waals surface area contributed by atoms with Crippen LogP contribution in [0.25, 0.3) is 0 Å². The topological polar surface area (TPSA) is 72.7 Å². The van der Waals surface area contributed by atoms with Crippen LogP contribution >= 0.6 is 0 Å². The molecule has 7 heteroatoms. The molecule has 1 aromatic heterocycles. The Hall–Kier alpha value is -2.70. The van der Waals surface area contributed by atoms with E-state index in [9.17, 15) is 0 Å². The molecule has 0 aliphatic heterocycles. The number of benzene rings is 1. The van der Waals surface area contributed by atoms with Gasteiger partial charge in [-0.1, -0.05) is 6.07 Å². The molecule has 0 bridgehead atoms. The van der Waals surface area contributed by atoms with Crippen molar-refractivity contribution in [2.24, 2.45) is 12.0 Å². The highest BCUT2D eigenvalue weighted by molar-refractivity contribution is 5.79. The molecule has 2 N–H and O–H groups in total. The van der Waals surface area contributed by atoms with Crippen molar-refractivity contribution in [3.8, 4) is 11.5 Å². The second kappa shape index (κ2) is 11.3. The summed E-state index contributed by atoms with van der Waals surface area (Å²) in [5, 5.41) is 11.2. The van der Waals surface area contributed by atoms with Gasteiger partial charge in [-0.3, -0.25) is 4.68 Å². The average Bonchev–Trinajstić information content (AvgIpc) is 2.93. The summed E-state index contributed by atoms with van der Waals surface area (Å²) in [7, 11) is 1.96. The lowest BCUT2D eigenvalue weighted by molar-refractivity contribution is 0.287. The zero-order chi connectivity index (χ0) is 21.2. The first-order chi connectivity index (χ1) is 14.0. The second-order valence-electron chi connectivity index (χ2n) is 6.79. The molecule has 0 atom stereocenters. The van der Waals surface area contributed by atoms with Crippen LogP contribution in [0, 0.1) is 13.8 Å². The third kappa shape index (κ3) is 6.41. The minimum Gasteiger partial charge on any atom is -0.490 e. The maximum absolute atomic E-state index is 5.72. The second-order valence-corrected chi connectivity index (χ2v) is 6.79. The minimum absolute atomic E-state index is 0.610. The van der Waals surface area contributed by atoms with E-state index in [1.165, 1.54) is 11.1 Å². The van der Waals surface area contributed by atoms with Crippen LogP contribution in [0.3, 0.4) is 0 Å². The first-order valence-electron chi connectivity index (χ1n) is 10.4. The summed E-state index contributed by atoms with van der Waals surface area (Å²) in [6.07, 6.45) is 0.863. The van der Waals surface area contributed by atoms with Crippen molar-refractivity contribution in [2.45, 2.75) is 47.6 Å². The third-order valence-electron chi connectivity index (χ3n) is 4.71. The fourth-order valence-electron chi connectivity index (χ4n) is 3.12. The highest BCUT2D eigenvalue weighted by Crippen LogP contribution is 2.28. The number of aryl methyl sites for hydroxylation is 2. The number of nitrogens with zero attached hydrogens (tertiary/aromatic N) is 3. The zero-order valence-corrected chi connectivity index (χ0v) is 18.6. The van der Waals surface area contributed by atoms with Gasteiger partial charge in [0, 0.05) is 31.4 Å². The van der Waals surface area contributed by atoms with Gasteiger partial charge >= 0.3 is 0 Å². The lowest BCUT2D eigenvalue weighted by Gasteiger charge is -2.14. The fourth-order valence-corrected chi connectivity index (χ4v) is 3.12. The Balaban J connectivity index is 1.99. The first kappa shape index (κ1) is 22.6. The molecule has 0 aliphatic rings. The lowest BCUT2D eigenvalue weighted by atomic mass is 10.1. The number of ether oxygens (including phenoxy) is 2. The average molecular weight is 402 g/mol. The molecular weight excluding hydrogens is 366 g/mol. The molecule has 0 fully saturated rings. The number of hydrogen-bond donors (Lipinski definition) is 2. The Bertz CT molecular complexity index is 814. The van der Waals surface area contributed by atoms with E-state index in [-0.39, 0.29) is 0 Å². The Labute approximate surface area is 174 Å². The summed E-state index contributed by atoms with van der Waals surface area (Å²) >= 11 is 0. The summed E-state index contributed by atoms with van der Waals surface area (Å²) in [5.41, 5.74) is 4.55. The number of aromatic nitrogens is 2. The molecule has 160 valence electrons. The van der Waals surface area contributed by atoms with Gasteiger partial charge in [0.1, 0.15) is 0 Å². The van der Waals surface area contributed by atoms with Gasteiger partial charge in [0.15, 0.2) is 17.5 Å². The number of nitrogens with one attached hydrogen (secondary N) is 2. The molecular formula is C22H35N5O2. The van der Waals surface area contributed by atoms with Gasteiger partial charge in [0.2, 0.25) is 0 Å². The zero-order valence-electron chi connectivity index (χ0n) is 18.6. The molecule has 0 saturated carbocycles. The fraction of sp³-hybridized carbons (Fsp3) is 0.545. The smallest absolute Gasteiger partial charge is 0.191 e. The van der Waals surface area contributed by atoms with E-state index < -0.39 is 0 Å². The molecule has 29 heavy (non-hydrogen) atoms. The van der Waals surface area contributed by atoms with Crippen molar-refractivity contribution in [3.63, 3.8) is 0 Å². The van der Waals surface area contributed by atoms with Crippen LogP contribution < -0.4 is 20.1 Å². The number of hydrogen-bond acceptors (Lipinski definition) is 4. The summed E-state index contributed by atoms with van der Waals surface area (Å²) < 4.78 is 13.3. The predicted molar refractivity (Wildman–Crippen MR) is 118 cm³/mol. The van der Waals surface area contributed by atoms with Crippen LogP contribution in [0.15, 0.2) is 23.2 Å². The van der Waals surface area contributed by atoms with Crippen LogP contribution in [-0.4, -0.2) is 42.0 Å². The highest BCUT2D eigenvalue weighted by atomic mass is 16.5. The van der Waals surface area contributed by atoms with Gasteiger partial charge in [0.25, 0.3) is 0 Å². The van der Waals surface area contributed by atoms with Crippen molar-refractivity contribution in [3.05, 3.63) is 40.7 Å². The van der Waals surface area contributed by atoms with E-state index in [4.69, 9.17) is 14.5 Å². The molecule has 7 nitrogen and oxygen atoms in total. The molecule has 0 aliphatic carbocycles. The summed E-state index contributed by atoms with van der Waals surface area (Å²) in [5.74, 6) is 2.41. The van der Waals surface area contributed by atoms with Crippen molar-refractivity contribution < 1.29 is 9.47 Å². The summed E-state index contributed by atoms with van der Waals surface area (Å²) in [6.45, 7) is 13.6. The highest BCUT2D eigenvalue weighted by Gasteiger charge is 2.09. The lowest BCUT2D eigenvalue weighted by Crippen LogP contribution is -2.38. The maximum atomic E-state index is 5.72. The monoisotopic (exact) mass is 401 g/mol. The Kier molecular flexibility index (Phi) is 8.83. The number of rotatable bonds is 10. The van der Waals surface area contributed by atoms with Crippen LogP contribution in [0.5, 0.6) is 11.5 Å². The van der Waals surface area contributed by atoms with Gasteiger partial charge in [-0.05, 0) is 58.7 Å². The van der Waals surface area contributed by atoms with Crippen molar-refractivity contribution in [1.29, 1.82) is 0 Å². The minimum atomic E-state index is 0.610. The SMILES string of the molecule is CCNC(=NCc1c(C)nn(C)c1C)NCCc1ccc(OCC)c(OCC)c1. The van der Waals surface area contributed by atoms with Crippen LogP contribution in [-0.2, 0) is 20.0 Å². The normalized spacial score (nSPS) is 11.4. The molecule has 2 rings (SSSR count). The van der Waals surface area contributed by atoms with E-state index in [2.05, 4.69) is 41.7 Å². The van der Waals surface area contributed by atoms with Crippen molar-refractivity contribution >= 4 is 5.96 Å². The van der Waals surface area contributed by atoms with E-state index in [0.29, 0.717) is 19.8 Å². The predicted octanol–water partition coefficient (Wildman–Crippen LogP) is 3.13. The molecule has 2 aromatic rings. The van der Waals surface area contributed by atoms with Crippen molar-refractivity contribution in [1.82, 2.24) is 20.4 Å². The van der Waals surface area contributed by atoms with Crippen LogP contribution in [0.1, 0.15) is 43.3 Å². The molecule has 0 radical (unpaired) electrons. The van der Waals surface area contributed by atoms with E-state index >= 15 is 0 Å². The molecule has 0 unspecified atom stereocenters. The number of guanidine groups is 1. The number of aliphatic imine (C=N–C) groups is 1. The standard InChI is InChI=1S/C22H35N5O2/c1-7-23-22(25-15-19-16(4)26-27(6)17(19)5)24-13-12-18-10-11-20(28-8-2)21(14-18)29-9-3/h10-11,14H,7-9,12-13,15H2,1-6H3,(H2,23,24,25). The van der Waals surface area contributed by atoms with Gasteiger partial charge in [-0.25, -0.2) is 4.99 Å². The summed E-state index contributed by atoms with van der Waals surface area (Å²) in [6, 6.07) is 6.13. The molecule has 1 aromatic carbocycles. The first-order valence-corrected chi connectivity index (χ1v) is 10.4. The van der Waals surface area contributed by atoms with Crippen LogP contribution in [0.2, 0.25) is 0 Å². The molecule has 0 saturated heterocycles. The van der Waals surface area contributed by atoms with E-state index in [1.54, 1.807) is 0 Å². The molecule has 0 amide bonds. The Morgan fingerprint density at radius 1 is 1.07 bits per heavy atom. The van der Waals surface area contributed by atoms with Gasteiger partial charge in [-0.2, -0.15) is 5.10 Å². The van der Waals surface area contributed by atoms with E-state index in [0.717, 1.165) is 48.4 Å². The summed E-state index contributed by atoms with van der Waals surface area (Å²) in [4.78, 5) is 4.73.